The van der Waals surface area contributed by atoms with E-state index in [4.69, 9.17) is 5.11 Å². The van der Waals surface area contributed by atoms with Crippen molar-refractivity contribution in [2.75, 3.05) is 0 Å². The fourth-order valence-electron chi connectivity index (χ4n) is 0.966. The van der Waals surface area contributed by atoms with Gasteiger partial charge in [-0.15, -0.1) is 0 Å². The van der Waals surface area contributed by atoms with Crippen molar-refractivity contribution in [2.45, 2.75) is 38.2 Å². The van der Waals surface area contributed by atoms with Gasteiger partial charge in [0.2, 0.25) is 0 Å². The van der Waals surface area contributed by atoms with Crippen LogP contribution >= 0.6 is 0 Å². The van der Waals surface area contributed by atoms with E-state index in [9.17, 15) is 8.78 Å². The maximum atomic E-state index is 12.6. The average molecular weight is 150 g/mol. The largest absolute Gasteiger partial charge is 0.387 e. The number of hydrogen-bond donors (Lipinski definition) is 1. The van der Waals surface area contributed by atoms with Crippen LogP contribution in [0.1, 0.15) is 26.2 Å². The molecule has 1 nitrogen and oxygen atoms in total. The van der Waals surface area contributed by atoms with Gasteiger partial charge in [0.15, 0.2) is 0 Å². The Kier molecular flexibility index (Phi) is 1.95. The second-order valence-electron chi connectivity index (χ2n) is 2.90. The fourth-order valence-corrected chi connectivity index (χ4v) is 0.966. The Balaban J connectivity index is 2.43. The number of alkyl halides is 2. The molecule has 0 heterocycles. The first kappa shape index (κ1) is 7.92. The molecule has 0 aromatic heterocycles. The Morgan fingerprint density at radius 1 is 1.60 bits per heavy atom. The normalized spacial score (nSPS) is 22.8. The lowest BCUT2D eigenvalue weighted by atomic mass is 10.1. The number of aliphatic hydroxyl groups excluding tert-OH is 1. The first-order valence-corrected chi connectivity index (χ1v) is 3.64. The summed E-state index contributed by atoms with van der Waals surface area (Å²) in [6.45, 7) is 1.39. The van der Waals surface area contributed by atoms with Gasteiger partial charge >= 0.3 is 0 Å². The topological polar surface area (TPSA) is 20.2 Å². The Bertz CT molecular complexity index is 121. The van der Waals surface area contributed by atoms with E-state index in [-0.39, 0.29) is 12.3 Å². The van der Waals surface area contributed by atoms with E-state index in [1.165, 1.54) is 6.92 Å². The average Bonchev–Trinajstić information content (AvgIpc) is 2.68. The molecule has 0 aromatic carbocycles. The summed E-state index contributed by atoms with van der Waals surface area (Å²) in [5.74, 6) is -2.99. The highest BCUT2D eigenvalue weighted by atomic mass is 19.3. The van der Waals surface area contributed by atoms with Gasteiger partial charge in [0.05, 0.1) is 0 Å². The summed E-state index contributed by atoms with van der Waals surface area (Å²) in [6.07, 6.45) is -0.129. The Labute approximate surface area is 59.0 Å². The number of rotatable bonds is 3. The first-order chi connectivity index (χ1) is 4.58. The van der Waals surface area contributed by atoms with Gasteiger partial charge in [-0.25, -0.2) is 8.78 Å². The van der Waals surface area contributed by atoms with Crippen LogP contribution in [-0.2, 0) is 0 Å². The molecule has 1 fully saturated rings. The third-order valence-corrected chi connectivity index (χ3v) is 1.97. The van der Waals surface area contributed by atoms with Crippen LogP contribution in [0, 0.1) is 5.92 Å². The molecular formula is C7H12F2O. The van der Waals surface area contributed by atoms with Crippen LogP contribution in [-0.4, -0.2) is 17.1 Å². The third kappa shape index (κ3) is 1.45. The van der Waals surface area contributed by atoms with E-state index in [1.807, 2.05) is 0 Å². The highest BCUT2D eigenvalue weighted by Crippen LogP contribution is 2.40. The van der Waals surface area contributed by atoms with Gasteiger partial charge in [0.25, 0.3) is 5.92 Å². The van der Waals surface area contributed by atoms with E-state index in [1.54, 1.807) is 0 Å². The summed E-state index contributed by atoms with van der Waals surface area (Å²) in [4.78, 5) is 0. The Morgan fingerprint density at radius 2 is 2.10 bits per heavy atom. The molecule has 1 unspecified atom stereocenters. The standard InChI is InChI=1S/C7H12F2O/c1-2-7(8,9)6(10)5-3-4-5/h5-6,10H,2-4H2,1H3. The summed E-state index contributed by atoms with van der Waals surface area (Å²) in [5, 5.41) is 8.97. The van der Waals surface area contributed by atoms with Gasteiger partial charge < -0.3 is 5.11 Å². The monoisotopic (exact) mass is 150 g/mol. The van der Waals surface area contributed by atoms with Crippen molar-refractivity contribution >= 4 is 0 Å². The summed E-state index contributed by atoms with van der Waals surface area (Å²) in [5.41, 5.74) is 0. The zero-order chi connectivity index (χ0) is 7.78. The molecule has 1 rings (SSSR count). The highest BCUT2D eigenvalue weighted by molar-refractivity contribution is 4.89. The molecule has 3 heteroatoms. The molecule has 1 N–H and O–H groups in total. The minimum Gasteiger partial charge on any atom is -0.387 e. The van der Waals surface area contributed by atoms with Gasteiger partial charge in [0.1, 0.15) is 6.10 Å². The van der Waals surface area contributed by atoms with Crippen molar-refractivity contribution in [3.05, 3.63) is 0 Å². The van der Waals surface area contributed by atoms with Gasteiger partial charge in [-0.3, -0.25) is 0 Å². The second-order valence-corrected chi connectivity index (χ2v) is 2.90. The molecular weight excluding hydrogens is 138 g/mol. The third-order valence-electron chi connectivity index (χ3n) is 1.97. The summed E-state index contributed by atoms with van der Waals surface area (Å²) >= 11 is 0. The molecule has 0 bridgehead atoms. The summed E-state index contributed by atoms with van der Waals surface area (Å²) in [6, 6.07) is 0. The molecule has 0 aliphatic heterocycles. The molecule has 1 aliphatic rings. The van der Waals surface area contributed by atoms with E-state index in [0.29, 0.717) is 0 Å². The number of halogens is 2. The first-order valence-electron chi connectivity index (χ1n) is 3.64. The summed E-state index contributed by atoms with van der Waals surface area (Å²) < 4.78 is 25.2. The van der Waals surface area contributed by atoms with Crippen molar-refractivity contribution < 1.29 is 13.9 Å². The van der Waals surface area contributed by atoms with Crippen LogP contribution in [0.25, 0.3) is 0 Å². The molecule has 0 radical (unpaired) electrons. The zero-order valence-corrected chi connectivity index (χ0v) is 5.98. The van der Waals surface area contributed by atoms with Gasteiger partial charge in [-0.1, -0.05) is 6.92 Å². The van der Waals surface area contributed by atoms with Gasteiger partial charge in [-0.2, -0.15) is 0 Å². The molecule has 1 atom stereocenters. The Morgan fingerprint density at radius 3 is 2.40 bits per heavy atom. The van der Waals surface area contributed by atoms with Gasteiger partial charge in [0, 0.05) is 6.42 Å². The number of hydrogen-bond acceptors (Lipinski definition) is 1. The second kappa shape index (κ2) is 2.46. The van der Waals surface area contributed by atoms with Crippen LogP contribution in [0.15, 0.2) is 0 Å². The summed E-state index contributed by atoms with van der Waals surface area (Å²) in [7, 11) is 0. The van der Waals surface area contributed by atoms with Crippen LogP contribution in [0.2, 0.25) is 0 Å². The SMILES string of the molecule is CCC(F)(F)C(O)C1CC1. The maximum Gasteiger partial charge on any atom is 0.273 e. The minimum atomic E-state index is -2.86. The van der Waals surface area contributed by atoms with E-state index < -0.39 is 12.0 Å². The molecule has 10 heavy (non-hydrogen) atoms. The quantitative estimate of drug-likeness (QED) is 0.650. The predicted octanol–water partition coefficient (Wildman–Crippen LogP) is 1.80. The molecule has 60 valence electrons. The molecule has 0 spiro atoms. The van der Waals surface area contributed by atoms with E-state index in [2.05, 4.69) is 0 Å². The van der Waals surface area contributed by atoms with Crippen LogP contribution in [0.5, 0.6) is 0 Å². The number of aliphatic hydroxyl groups is 1. The maximum absolute atomic E-state index is 12.6. The van der Waals surface area contributed by atoms with Crippen LogP contribution in [0.4, 0.5) is 8.78 Å². The van der Waals surface area contributed by atoms with Crippen LogP contribution in [0.3, 0.4) is 0 Å². The van der Waals surface area contributed by atoms with E-state index >= 15 is 0 Å². The zero-order valence-electron chi connectivity index (χ0n) is 5.98. The minimum absolute atomic E-state index is 0.130. The van der Waals surface area contributed by atoms with Crippen molar-refractivity contribution in [1.29, 1.82) is 0 Å². The Hall–Kier alpha value is -0.180. The fraction of sp³-hybridized carbons (Fsp3) is 1.00. The molecule has 0 amide bonds. The lowest BCUT2D eigenvalue weighted by molar-refractivity contribution is -0.118. The van der Waals surface area contributed by atoms with Crippen molar-refractivity contribution in [2.24, 2.45) is 5.92 Å². The van der Waals surface area contributed by atoms with E-state index in [0.717, 1.165) is 12.8 Å². The molecule has 0 saturated heterocycles. The lowest BCUT2D eigenvalue weighted by Gasteiger charge is -2.20. The molecule has 1 aliphatic carbocycles. The predicted molar refractivity (Wildman–Crippen MR) is 34.0 cm³/mol. The van der Waals surface area contributed by atoms with Gasteiger partial charge in [-0.05, 0) is 18.8 Å². The smallest absolute Gasteiger partial charge is 0.273 e. The molecule has 1 saturated carbocycles. The van der Waals surface area contributed by atoms with Crippen molar-refractivity contribution in [3.8, 4) is 0 Å². The lowest BCUT2D eigenvalue weighted by Crippen LogP contribution is -2.34. The highest BCUT2D eigenvalue weighted by Gasteiger charge is 2.45. The van der Waals surface area contributed by atoms with Crippen molar-refractivity contribution in [3.63, 3.8) is 0 Å². The van der Waals surface area contributed by atoms with Crippen LogP contribution < -0.4 is 0 Å². The molecule has 0 aromatic rings. The van der Waals surface area contributed by atoms with Crippen molar-refractivity contribution in [1.82, 2.24) is 0 Å².